The van der Waals surface area contributed by atoms with Gasteiger partial charge in [-0.3, -0.25) is 4.90 Å². The number of carbonyl (C=O) groups is 2. The van der Waals surface area contributed by atoms with Gasteiger partial charge in [0.1, 0.15) is 11.5 Å². The summed E-state index contributed by atoms with van der Waals surface area (Å²) in [6.07, 6.45) is -4.79. The summed E-state index contributed by atoms with van der Waals surface area (Å²) in [5, 5.41) is 14.2. The Morgan fingerprint density at radius 3 is 1.97 bits per heavy atom. The van der Waals surface area contributed by atoms with E-state index in [1.165, 1.54) is 51.9 Å². The largest absolute Gasteiger partial charge is 0.490 e. The van der Waals surface area contributed by atoms with Crippen LogP contribution in [0.5, 0.6) is 0 Å². The van der Waals surface area contributed by atoms with E-state index in [1.807, 2.05) is 6.92 Å². The number of carboxylic acids is 2. The summed E-state index contributed by atoms with van der Waals surface area (Å²) < 4.78 is 75.3. The molecular formula is C24H34F6N2O6. The van der Waals surface area contributed by atoms with E-state index in [1.54, 1.807) is 0 Å². The molecule has 1 aliphatic carbocycles. The van der Waals surface area contributed by atoms with Gasteiger partial charge in [0.2, 0.25) is 0 Å². The Kier molecular flexibility index (Phi) is 11.0. The minimum absolute atomic E-state index is 0.480. The molecule has 2 aliphatic heterocycles. The maximum Gasteiger partial charge on any atom is 0.490 e. The fraction of sp³-hybridized carbons (Fsp3) is 0.750. The van der Waals surface area contributed by atoms with Crippen molar-refractivity contribution in [2.24, 2.45) is 17.3 Å². The SMILES string of the molecule is Cc1ccc(CN2CCC3(CC2)CN(C)CC3COCC2CC2)o1.O=C(O)C(F)(F)F.O=C(O)C(F)(F)F. The van der Waals surface area contributed by atoms with Gasteiger partial charge >= 0.3 is 24.3 Å². The van der Waals surface area contributed by atoms with Gasteiger partial charge in [0.15, 0.2) is 0 Å². The first-order valence-electron chi connectivity index (χ1n) is 12.2. The number of nitrogens with zero attached hydrogens (tertiary/aromatic N) is 2. The number of hydrogen-bond donors (Lipinski definition) is 2. The topological polar surface area (TPSA) is 103 Å². The molecule has 2 N–H and O–H groups in total. The first-order chi connectivity index (χ1) is 17.5. The van der Waals surface area contributed by atoms with Crippen molar-refractivity contribution in [3.63, 3.8) is 0 Å². The number of likely N-dealkylation sites (tertiary alicyclic amines) is 2. The second kappa shape index (κ2) is 13.2. The summed E-state index contributed by atoms with van der Waals surface area (Å²) in [5.41, 5.74) is 0.480. The van der Waals surface area contributed by atoms with Crippen molar-refractivity contribution in [3.05, 3.63) is 23.7 Å². The number of piperidine rings is 1. The average Bonchev–Trinajstić information content (AvgIpc) is 3.45. The Hall–Kier alpha value is -2.32. The molecular weight excluding hydrogens is 526 g/mol. The number of alkyl halides is 6. The van der Waals surface area contributed by atoms with E-state index in [-0.39, 0.29) is 0 Å². The number of halogens is 6. The molecule has 8 nitrogen and oxygen atoms in total. The van der Waals surface area contributed by atoms with Crippen LogP contribution in [-0.2, 0) is 20.9 Å². The molecule has 1 aromatic heterocycles. The van der Waals surface area contributed by atoms with Crippen molar-refractivity contribution in [1.82, 2.24) is 9.80 Å². The van der Waals surface area contributed by atoms with Crippen LogP contribution in [0.3, 0.4) is 0 Å². The lowest BCUT2D eigenvalue weighted by molar-refractivity contribution is -0.193. The predicted octanol–water partition coefficient (Wildman–Crippen LogP) is 4.43. The monoisotopic (exact) mass is 560 g/mol. The Labute approximate surface area is 216 Å². The smallest absolute Gasteiger partial charge is 0.475 e. The highest BCUT2D eigenvalue weighted by Gasteiger charge is 2.47. The minimum Gasteiger partial charge on any atom is -0.475 e. The maximum atomic E-state index is 10.6. The molecule has 14 heteroatoms. The normalized spacial score (nSPS) is 21.8. The van der Waals surface area contributed by atoms with E-state index >= 15 is 0 Å². The zero-order chi connectivity index (χ0) is 28.7. The van der Waals surface area contributed by atoms with Gasteiger partial charge in [0, 0.05) is 25.6 Å². The lowest BCUT2D eigenvalue weighted by atomic mass is 9.71. The van der Waals surface area contributed by atoms with Crippen LogP contribution in [0.1, 0.15) is 37.2 Å². The maximum absolute atomic E-state index is 10.6. The predicted molar refractivity (Wildman–Crippen MR) is 122 cm³/mol. The van der Waals surface area contributed by atoms with E-state index < -0.39 is 24.3 Å². The molecule has 1 saturated carbocycles. The number of carboxylic acid groups (broad SMARTS) is 2. The van der Waals surface area contributed by atoms with Gasteiger partial charge in [-0.05, 0) is 76.2 Å². The minimum atomic E-state index is -5.08. The molecule has 38 heavy (non-hydrogen) atoms. The van der Waals surface area contributed by atoms with Crippen LogP contribution in [0, 0.1) is 24.2 Å². The molecule has 1 aromatic rings. The standard InChI is InChI=1S/C20H32N2O2.2C2HF3O2/c1-16-3-6-19(24-16)12-22-9-7-20(8-10-22)15-21(2)11-18(20)14-23-13-17-4-5-17;2*3-2(4,5)1(6)7/h3,6,17-18H,4-5,7-15H2,1-2H3;2*(H,6,7). The van der Waals surface area contributed by atoms with Crippen molar-refractivity contribution in [3.8, 4) is 0 Å². The fourth-order valence-electron chi connectivity index (χ4n) is 4.71. The molecule has 3 fully saturated rings. The van der Waals surface area contributed by atoms with E-state index in [9.17, 15) is 26.3 Å². The zero-order valence-corrected chi connectivity index (χ0v) is 21.3. The molecule has 1 unspecified atom stereocenters. The number of rotatable bonds is 6. The van der Waals surface area contributed by atoms with E-state index in [0.29, 0.717) is 11.3 Å². The summed E-state index contributed by atoms with van der Waals surface area (Å²) in [5.74, 6) is -1.80. The summed E-state index contributed by atoms with van der Waals surface area (Å²) in [4.78, 5) is 22.9. The molecule has 0 aromatic carbocycles. The van der Waals surface area contributed by atoms with Crippen molar-refractivity contribution in [2.45, 2.75) is 51.5 Å². The molecule has 2 saturated heterocycles. The summed E-state index contributed by atoms with van der Waals surface area (Å²) in [6, 6.07) is 4.19. The molecule has 1 atom stereocenters. The third kappa shape index (κ3) is 10.4. The fourth-order valence-corrected chi connectivity index (χ4v) is 4.71. The molecule has 218 valence electrons. The highest BCUT2D eigenvalue weighted by Crippen LogP contribution is 2.44. The van der Waals surface area contributed by atoms with Crippen LogP contribution in [0.25, 0.3) is 0 Å². The van der Waals surface area contributed by atoms with Gasteiger partial charge in [-0.25, -0.2) is 9.59 Å². The highest BCUT2D eigenvalue weighted by molar-refractivity contribution is 5.73. The average molecular weight is 561 g/mol. The number of furan rings is 1. The van der Waals surface area contributed by atoms with Gasteiger partial charge in [-0.1, -0.05) is 0 Å². The summed E-state index contributed by atoms with van der Waals surface area (Å²) >= 11 is 0. The quantitative estimate of drug-likeness (QED) is 0.493. The molecule has 0 bridgehead atoms. The van der Waals surface area contributed by atoms with Gasteiger partial charge in [0.05, 0.1) is 13.2 Å². The molecule has 0 radical (unpaired) electrons. The number of aliphatic carboxylic acids is 2. The molecule has 1 spiro atoms. The highest BCUT2D eigenvalue weighted by atomic mass is 19.4. The zero-order valence-electron chi connectivity index (χ0n) is 21.3. The third-order valence-electron chi connectivity index (χ3n) is 6.86. The van der Waals surface area contributed by atoms with Crippen LogP contribution in [0.4, 0.5) is 26.3 Å². The van der Waals surface area contributed by atoms with Crippen LogP contribution >= 0.6 is 0 Å². The Bertz CT molecular complexity index is 883. The van der Waals surface area contributed by atoms with Crippen molar-refractivity contribution >= 4 is 11.9 Å². The van der Waals surface area contributed by atoms with Crippen molar-refractivity contribution in [1.29, 1.82) is 0 Å². The lowest BCUT2D eigenvalue weighted by Crippen LogP contribution is -2.44. The molecule has 3 aliphatic rings. The summed E-state index contributed by atoms with van der Waals surface area (Å²) in [6.45, 7) is 9.79. The molecule has 4 rings (SSSR count). The number of ether oxygens (including phenoxy) is 1. The van der Waals surface area contributed by atoms with E-state index in [2.05, 4.69) is 29.0 Å². The Morgan fingerprint density at radius 1 is 1.03 bits per heavy atom. The third-order valence-corrected chi connectivity index (χ3v) is 6.86. The van der Waals surface area contributed by atoms with E-state index in [0.717, 1.165) is 37.2 Å². The van der Waals surface area contributed by atoms with Gasteiger partial charge in [-0.2, -0.15) is 26.3 Å². The van der Waals surface area contributed by atoms with Crippen LogP contribution in [0.2, 0.25) is 0 Å². The number of hydrogen-bond acceptors (Lipinski definition) is 6. The first kappa shape index (κ1) is 31.9. The lowest BCUT2D eigenvalue weighted by Gasteiger charge is -2.42. The van der Waals surface area contributed by atoms with Crippen LogP contribution < -0.4 is 0 Å². The second-order valence-electron chi connectivity index (χ2n) is 10.1. The van der Waals surface area contributed by atoms with Crippen molar-refractivity contribution in [2.75, 3.05) is 46.4 Å². The van der Waals surface area contributed by atoms with Gasteiger partial charge in [-0.15, -0.1) is 0 Å². The first-order valence-corrected chi connectivity index (χ1v) is 12.2. The Balaban J connectivity index is 0.000000301. The van der Waals surface area contributed by atoms with Gasteiger partial charge < -0.3 is 24.3 Å². The molecule has 0 amide bonds. The van der Waals surface area contributed by atoms with Crippen LogP contribution in [-0.4, -0.2) is 90.7 Å². The second-order valence-corrected chi connectivity index (χ2v) is 10.1. The number of aryl methyl sites for hydroxylation is 1. The molecule has 3 heterocycles. The summed E-state index contributed by atoms with van der Waals surface area (Å²) in [7, 11) is 2.28. The van der Waals surface area contributed by atoms with Crippen LogP contribution in [0.15, 0.2) is 16.5 Å². The van der Waals surface area contributed by atoms with Crippen molar-refractivity contribution < 1.29 is 55.3 Å². The van der Waals surface area contributed by atoms with Gasteiger partial charge in [0.25, 0.3) is 0 Å². The Morgan fingerprint density at radius 2 is 1.55 bits per heavy atom. The van der Waals surface area contributed by atoms with E-state index in [4.69, 9.17) is 29.0 Å².